The van der Waals surface area contributed by atoms with Crippen molar-refractivity contribution in [1.29, 1.82) is 0 Å². The second-order valence-corrected chi connectivity index (χ2v) is 10.6. The van der Waals surface area contributed by atoms with Gasteiger partial charge in [-0.2, -0.15) is 18.3 Å². The molecule has 1 saturated heterocycles. The molecule has 3 N–H and O–H groups in total. The molecule has 2 amide bonds. The van der Waals surface area contributed by atoms with Gasteiger partial charge in [0.05, 0.1) is 17.8 Å². The van der Waals surface area contributed by atoms with Crippen molar-refractivity contribution < 1.29 is 37.1 Å². The van der Waals surface area contributed by atoms with E-state index in [-0.39, 0.29) is 33.8 Å². The molecule has 0 saturated carbocycles. The predicted octanol–water partition coefficient (Wildman–Crippen LogP) is 6.37. The summed E-state index contributed by atoms with van der Waals surface area (Å²) >= 11 is 0. The molecule has 1 aromatic heterocycles. The van der Waals surface area contributed by atoms with Gasteiger partial charge in [-0.05, 0) is 66.8 Å². The van der Waals surface area contributed by atoms with Crippen LogP contribution in [0.15, 0.2) is 72.9 Å². The molecule has 0 unspecified atom stereocenters. The van der Waals surface area contributed by atoms with Crippen LogP contribution in [0.2, 0.25) is 0 Å². The Morgan fingerprint density at radius 1 is 0.867 bits per heavy atom. The fourth-order valence-corrected chi connectivity index (χ4v) is 5.24. The van der Waals surface area contributed by atoms with Crippen molar-refractivity contribution in [2.24, 2.45) is 0 Å². The predicted molar refractivity (Wildman–Crippen MR) is 160 cm³/mol. The number of nitrogens with zero attached hydrogens (tertiary/aromatic N) is 3. The van der Waals surface area contributed by atoms with Crippen molar-refractivity contribution in [3.05, 3.63) is 95.6 Å². The number of piperidine rings is 1. The lowest BCUT2D eigenvalue weighted by molar-refractivity contribution is -0.142. The highest BCUT2D eigenvalue weighted by Gasteiger charge is 2.30. The molecule has 13 heteroatoms. The van der Waals surface area contributed by atoms with Crippen LogP contribution in [-0.4, -0.2) is 51.9 Å². The molecular weight excluding hydrogens is 594 g/mol. The standard InChI is InChI=1S/C32H29F4N5O4/c33-23-10-11-25(22(15-23)17-28(42)43)37-30(44)21-9-12-27(40-13-5-2-6-14-40)26(16-21)38-31(45)29-24(20-7-3-1-4-8-20)18-41(39-29)19-32(34,35)36/h1,3-4,7-12,15-16,18H,2,5-6,13-14,17,19H2,(H,37,44)(H,38,45)(H,42,43). The first-order valence-corrected chi connectivity index (χ1v) is 14.2. The molecule has 5 rings (SSSR count). The van der Waals surface area contributed by atoms with Crippen LogP contribution in [-0.2, 0) is 17.8 Å². The first-order valence-electron chi connectivity index (χ1n) is 14.2. The largest absolute Gasteiger partial charge is 0.481 e. The number of hydrogen-bond acceptors (Lipinski definition) is 5. The van der Waals surface area contributed by atoms with Crippen LogP contribution < -0.4 is 15.5 Å². The van der Waals surface area contributed by atoms with Gasteiger partial charge in [-0.15, -0.1) is 0 Å². The van der Waals surface area contributed by atoms with Gasteiger partial charge >= 0.3 is 12.1 Å². The molecule has 1 fully saturated rings. The molecule has 2 heterocycles. The average Bonchev–Trinajstić information content (AvgIpc) is 3.41. The van der Waals surface area contributed by atoms with E-state index in [1.165, 1.54) is 18.3 Å². The number of benzene rings is 3. The number of hydrogen-bond donors (Lipinski definition) is 3. The smallest absolute Gasteiger partial charge is 0.408 e. The van der Waals surface area contributed by atoms with Crippen LogP contribution in [0, 0.1) is 5.82 Å². The Hall–Kier alpha value is -5.20. The van der Waals surface area contributed by atoms with Crippen molar-refractivity contribution in [2.45, 2.75) is 38.4 Å². The van der Waals surface area contributed by atoms with E-state index < -0.39 is 42.7 Å². The van der Waals surface area contributed by atoms with Crippen LogP contribution in [0.4, 0.5) is 34.6 Å². The number of anilines is 3. The molecular formula is C32H29F4N5O4. The summed E-state index contributed by atoms with van der Waals surface area (Å²) in [5.41, 5.74) is 1.60. The van der Waals surface area contributed by atoms with Gasteiger partial charge in [-0.25, -0.2) is 4.39 Å². The maximum absolute atomic E-state index is 13.8. The van der Waals surface area contributed by atoms with Gasteiger partial charge < -0.3 is 20.6 Å². The van der Waals surface area contributed by atoms with E-state index in [1.54, 1.807) is 42.5 Å². The average molecular weight is 624 g/mol. The summed E-state index contributed by atoms with van der Waals surface area (Å²) in [6.45, 7) is -0.00190. The number of carbonyl (C=O) groups is 3. The second-order valence-electron chi connectivity index (χ2n) is 10.6. The number of carboxylic acid groups (broad SMARTS) is 1. The van der Waals surface area contributed by atoms with Gasteiger partial charge in [0.25, 0.3) is 11.8 Å². The van der Waals surface area contributed by atoms with Crippen molar-refractivity contribution in [3.63, 3.8) is 0 Å². The van der Waals surface area contributed by atoms with Gasteiger partial charge in [0.15, 0.2) is 5.69 Å². The zero-order valence-electron chi connectivity index (χ0n) is 23.9. The van der Waals surface area contributed by atoms with E-state index in [0.717, 1.165) is 31.4 Å². The molecule has 0 bridgehead atoms. The fraction of sp³-hybridized carbons (Fsp3) is 0.250. The van der Waals surface area contributed by atoms with E-state index in [0.29, 0.717) is 29.0 Å². The van der Waals surface area contributed by atoms with Crippen LogP contribution in [0.3, 0.4) is 0 Å². The Bertz CT molecular complexity index is 1720. The summed E-state index contributed by atoms with van der Waals surface area (Å²) in [6.07, 6.45) is -1.06. The minimum atomic E-state index is -4.56. The van der Waals surface area contributed by atoms with E-state index in [4.69, 9.17) is 0 Å². The van der Waals surface area contributed by atoms with Gasteiger partial charge in [0.1, 0.15) is 12.4 Å². The van der Waals surface area contributed by atoms with Crippen molar-refractivity contribution in [2.75, 3.05) is 28.6 Å². The number of rotatable bonds is 9. The highest BCUT2D eigenvalue weighted by Crippen LogP contribution is 2.32. The number of alkyl halides is 3. The first kappa shape index (κ1) is 31.2. The number of carbonyl (C=O) groups excluding carboxylic acids is 2. The third-order valence-corrected chi connectivity index (χ3v) is 7.26. The Labute approximate surface area is 255 Å². The number of halogens is 4. The Balaban J connectivity index is 1.49. The van der Waals surface area contributed by atoms with Crippen LogP contribution >= 0.6 is 0 Å². The topological polar surface area (TPSA) is 117 Å². The normalized spacial score (nSPS) is 13.4. The van der Waals surface area contributed by atoms with Gasteiger partial charge in [-0.1, -0.05) is 30.3 Å². The minimum Gasteiger partial charge on any atom is -0.481 e. The minimum absolute atomic E-state index is 0.0668. The lowest BCUT2D eigenvalue weighted by atomic mass is 10.0. The number of aromatic nitrogens is 2. The number of aliphatic carboxylic acids is 1. The summed E-state index contributed by atoms with van der Waals surface area (Å²) < 4.78 is 54.1. The van der Waals surface area contributed by atoms with Crippen LogP contribution in [0.25, 0.3) is 11.1 Å². The lowest BCUT2D eigenvalue weighted by Crippen LogP contribution is -2.30. The highest BCUT2D eigenvalue weighted by molar-refractivity contribution is 6.10. The monoisotopic (exact) mass is 623 g/mol. The van der Waals surface area contributed by atoms with E-state index >= 15 is 0 Å². The zero-order valence-corrected chi connectivity index (χ0v) is 23.9. The molecule has 9 nitrogen and oxygen atoms in total. The summed E-state index contributed by atoms with van der Waals surface area (Å²) in [4.78, 5) is 40.3. The summed E-state index contributed by atoms with van der Waals surface area (Å²) in [5.74, 6) is -3.28. The van der Waals surface area contributed by atoms with Crippen LogP contribution in [0.5, 0.6) is 0 Å². The molecule has 45 heavy (non-hydrogen) atoms. The number of carboxylic acids is 1. The zero-order chi connectivity index (χ0) is 32.1. The van der Waals surface area contributed by atoms with Crippen molar-refractivity contribution in [3.8, 4) is 11.1 Å². The van der Waals surface area contributed by atoms with Crippen LogP contribution in [0.1, 0.15) is 45.7 Å². The fourth-order valence-electron chi connectivity index (χ4n) is 5.24. The summed E-state index contributed by atoms with van der Waals surface area (Å²) in [7, 11) is 0. The van der Waals surface area contributed by atoms with Gasteiger partial charge in [0, 0.05) is 36.1 Å². The molecule has 1 aliphatic heterocycles. The molecule has 0 atom stereocenters. The number of amides is 2. The molecule has 1 aliphatic rings. The van der Waals surface area contributed by atoms with E-state index in [9.17, 15) is 37.1 Å². The molecule has 0 spiro atoms. The second kappa shape index (κ2) is 13.2. The highest BCUT2D eigenvalue weighted by atomic mass is 19.4. The van der Waals surface area contributed by atoms with Crippen molar-refractivity contribution in [1.82, 2.24) is 9.78 Å². The summed E-state index contributed by atoms with van der Waals surface area (Å²) in [6, 6.07) is 16.5. The lowest BCUT2D eigenvalue weighted by Gasteiger charge is -2.30. The first-order chi connectivity index (χ1) is 21.5. The molecule has 234 valence electrons. The molecule has 0 radical (unpaired) electrons. The maximum atomic E-state index is 13.8. The third-order valence-electron chi connectivity index (χ3n) is 7.26. The molecule has 4 aromatic rings. The van der Waals surface area contributed by atoms with Gasteiger partial charge in [0.2, 0.25) is 0 Å². The maximum Gasteiger partial charge on any atom is 0.408 e. The third kappa shape index (κ3) is 7.85. The summed E-state index contributed by atoms with van der Waals surface area (Å²) in [5, 5.41) is 18.6. The Morgan fingerprint density at radius 2 is 1.58 bits per heavy atom. The number of nitrogens with one attached hydrogen (secondary N) is 2. The molecule has 3 aromatic carbocycles. The van der Waals surface area contributed by atoms with E-state index in [2.05, 4.69) is 15.7 Å². The molecule has 0 aliphatic carbocycles. The van der Waals surface area contributed by atoms with Gasteiger partial charge in [-0.3, -0.25) is 19.1 Å². The quantitative estimate of drug-likeness (QED) is 0.187. The Kier molecular flexibility index (Phi) is 9.16. The SMILES string of the molecule is O=C(O)Cc1cc(F)ccc1NC(=O)c1ccc(N2CCCCC2)c(NC(=O)c2nn(CC(F)(F)F)cc2-c2ccccc2)c1. The Morgan fingerprint density at radius 3 is 2.27 bits per heavy atom. The van der Waals surface area contributed by atoms with E-state index in [1.807, 2.05) is 4.90 Å². The van der Waals surface area contributed by atoms with Crippen molar-refractivity contribution >= 4 is 34.8 Å².